The molecular formula is C18H16N4O2S. The molecule has 1 atom stereocenters. The van der Waals surface area contributed by atoms with Gasteiger partial charge in [-0.25, -0.2) is 4.98 Å². The van der Waals surface area contributed by atoms with Crippen LogP contribution < -0.4 is 10.1 Å². The SMILES string of the molecule is COc1ccc2nc(SC(C)C(=O)Nc3cccc(C#N)c3)[nH]c2c1. The number of hydrogen-bond acceptors (Lipinski definition) is 5. The zero-order chi connectivity index (χ0) is 17.8. The number of ether oxygens (including phenoxy) is 1. The highest BCUT2D eigenvalue weighted by atomic mass is 32.2. The van der Waals surface area contributed by atoms with E-state index < -0.39 is 0 Å². The first-order valence-corrected chi connectivity index (χ1v) is 8.48. The van der Waals surface area contributed by atoms with Gasteiger partial charge in [-0.05, 0) is 37.3 Å². The number of amides is 1. The molecule has 0 bridgehead atoms. The maximum Gasteiger partial charge on any atom is 0.237 e. The van der Waals surface area contributed by atoms with Gasteiger partial charge in [0.25, 0.3) is 0 Å². The third kappa shape index (κ3) is 3.92. The van der Waals surface area contributed by atoms with E-state index in [0.717, 1.165) is 16.8 Å². The van der Waals surface area contributed by atoms with Gasteiger partial charge < -0.3 is 15.0 Å². The zero-order valence-corrected chi connectivity index (χ0v) is 14.6. The Balaban J connectivity index is 1.69. The van der Waals surface area contributed by atoms with Gasteiger partial charge in [0, 0.05) is 11.8 Å². The Labute approximate surface area is 149 Å². The highest BCUT2D eigenvalue weighted by Crippen LogP contribution is 2.26. The van der Waals surface area contributed by atoms with Gasteiger partial charge in [-0.2, -0.15) is 5.26 Å². The lowest BCUT2D eigenvalue weighted by Gasteiger charge is -2.10. The Hall–Kier alpha value is -2.98. The summed E-state index contributed by atoms with van der Waals surface area (Å²) in [6.45, 7) is 1.81. The van der Waals surface area contributed by atoms with Gasteiger partial charge in [0.2, 0.25) is 5.91 Å². The van der Waals surface area contributed by atoms with Crippen LogP contribution in [0.3, 0.4) is 0 Å². The Bertz CT molecular complexity index is 961. The summed E-state index contributed by atoms with van der Waals surface area (Å²) < 4.78 is 5.19. The number of aromatic amines is 1. The number of H-pyrrole nitrogens is 1. The van der Waals surface area contributed by atoms with Gasteiger partial charge in [-0.15, -0.1) is 0 Å². The average Bonchev–Trinajstić information content (AvgIpc) is 3.02. The standard InChI is InChI=1S/C18H16N4O2S/c1-11(17(23)20-13-5-3-4-12(8-13)10-19)25-18-21-15-7-6-14(24-2)9-16(15)22-18/h3-9,11H,1-2H3,(H,20,23)(H,21,22). The van der Waals surface area contributed by atoms with E-state index in [4.69, 9.17) is 10.00 Å². The van der Waals surface area contributed by atoms with Crippen LogP contribution in [0.15, 0.2) is 47.6 Å². The molecule has 7 heteroatoms. The fourth-order valence-electron chi connectivity index (χ4n) is 2.28. The summed E-state index contributed by atoms with van der Waals surface area (Å²) in [4.78, 5) is 20.0. The largest absolute Gasteiger partial charge is 0.497 e. The van der Waals surface area contributed by atoms with Crippen LogP contribution >= 0.6 is 11.8 Å². The van der Waals surface area contributed by atoms with Crippen LogP contribution in [0.4, 0.5) is 5.69 Å². The predicted molar refractivity (Wildman–Crippen MR) is 97.8 cm³/mol. The van der Waals surface area contributed by atoms with E-state index >= 15 is 0 Å². The van der Waals surface area contributed by atoms with Gasteiger partial charge in [-0.3, -0.25) is 4.79 Å². The molecule has 2 aromatic carbocycles. The molecule has 0 aliphatic carbocycles. The van der Waals surface area contributed by atoms with Gasteiger partial charge in [-0.1, -0.05) is 17.8 Å². The van der Waals surface area contributed by atoms with Crippen molar-refractivity contribution in [1.82, 2.24) is 9.97 Å². The van der Waals surface area contributed by atoms with Crippen LogP contribution in [0, 0.1) is 11.3 Å². The summed E-state index contributed by atoms with van der Waals surface area (Å²) in [5.41, 5.74) is 2.78. The Morgan fingerprint density at radius 3 is 2.96 bits per heavy atom. The Kier molecular flexibility index (Phi) is 4.91. The minimum Gasteiger partial charge on any atom is -0.497 e. The molecule has 0 fully saturated rings. The summed E-state index contributed by atoms with van der Waals surface area (Å²) in [5, 5.41) is 12.0. The molecule has 0 saturated heterocycles. The molecule has 0 radical (unpaired) electrons. The molecule has 0 aliphatic heterocycles. The Morgan fingerprint density at radius 2 is 2.20 bits per heavy atom. The van der Waals surface area contributed by atoms with Crippen LogP contribution in [-0.2, 0) is 4.79 Å². The van der Waals surface area contributed by atoms with Crippen LogP contribution in [0.25, 0.3) is 11.0 Å². The monoisotopic (exact) mass is 352 g/mol. The molecule has 1 aromatic heterocycles. The topological polar surface area (TPSA) is 90.8 Å². The number of carbonyl (C=O) groups excluding carboxylic acids is 1. The fourth-order valence-corrected chi connectivity index (χ4v) is 3.10. The minimum absolute atomic E-state index is 0.155. The molecule has 1 unspecified atom stereocenters. The second-order valence-corrected chi connectivity index (χ2v) is 6.70. The smallest absolute Gasteiger partial charge is 0.237 e. The molecule has 2 N–H and O–H groups in total. The molecule has 1 amide bonds. The van der Waals surface area contributed by atoms with Crippen molar-refractivity contribution in [3.63, 3.8) is 0 Å². The normalized spacial score (nSPS) is 11.7. The average molecular weight is 352 g/mol. The summed E-state index contributed by atoms with van der Waals surface area (Å²) in [6, 6.07) is 14.4. The van der Waals surface area contributed by atoms with Gasteiger partial charge in [0.1, 0.15) is 5.75 Å². The summed E-state index contributed by atoms with van der Waals surface area (Å²) in [7, 11) is 1.61. The molecule has 25 heavy (non-hydrogen) atoms. The third-order valence-electron chi connectivity index (χ3n) is 3.58. The van der Waals surface area contributed by atoms with Crippen molar-refractivity contribution in [3.05, 3.63) is 48.0 Å². The zero-order valence-electron chi connectivity index (χ0n) is 13.7. The highest BCUT2D eigenvalue weighted by Gasteiger charge is 2.17. The quantitative estimate of drug-likeness (QED) is 0.685. The lowest BCUT2D eigenvalue weighted by molar-refractivity contribution is -0.115. The van der Waals surface area contributed by atoms with Crippen molar-refractivity contribution in [1.29, 1.82) is 5.26 Å². The Morgan fingerprint density at radius 1 is 1.36 bits per heavy atom. The number of nitrogens with zero attached hydrogens (tertiary/aromatic N) is 2. The summed E-state index contributed by atoms with van der Waals surface area (Å²) in [5.74, 6) is 0.592. The van der Waals surface area contributed by atoms with Crippen molar-refractivity contribution >= 4 is 34.4 Å². The number of rotatable bonds is 5. The maximum absolute atomic E-state index is 12.4. The predicted octanol–water partition coefficient (Wildman–Crippen LogP) is 3.56. The van der Waals surface area contributed by atoms with Crippen LogP contribution in [0.5, 0.6) is 5.75 Å². The second kappa shape index (κ2) is 7.28. The number of aromatic nitrogens is 2. The van der Waals surface area contributed by atoms with E-state index in [2.05, 4.69) is 21.4 Å². The number of anilines is 1. The number of hydrogen-bond donors (Lipinski definition) is 2. The molecule has 3 rings (SSSR count). The fraction of sp³-hybridized carbons (Fsp3) is 0.167. The number of nitrogens with one attached hydrogen (secondary N) is 2. The number of thioether (sulfide) groups is 1. The lowest BCUT2D eigenvalue weighted by atomic mass is 10.2. The molecule has 126 valence electrons. The van der Waals surface area contributed by atoms with Gasteiger partial charge in [0.15, 0.2) is 5.16 Å². The number of methoxy groups -OCH3 is 1. The van der Waals surface area contributed by atoms with E-state index in [0.29, 0.717) is 16.4 Å². The van der Waals surface area contributed by atoms with E-state index in [1.165, 1.54) is 11.8 Å². The van der Waals surface area contributed by atoms with Crippen molar-refractivity contribution < 1.29 is 9.53 Å². The number of imidazole rings is 1. The van der Waals surface area contributed by atoms with Crippen LogP contribution in [0.2, 0.25) is 0 Å². The van der Waals surface area contributed by atoms with E-state index in [1.54, 1.807) is 31.4 Å². The second-order valence-electron chi connectivity index (χ2n) is 5.37. The highest BCUT2D eigenvalue weighted by molar-refractivity contribution is 8.00. The molecule has 0 aliphatic rings. The molecule has 1 heterocycles. The molecule has 3 aromatic rings. The summed E-state index contributed by atoms with van der Waals surface area (Å²) in [6.07, 6.45) is 0. The first-order valence-electron chi connectivity index (χ1n) is 7.60. The molecular weight excluding hydrogens is 336 g/mol. The number of fused-ring (bicyclic) bond motifs is 1. The van der Waals surface area contributed by atoms with Gasteiger partial charge >= 0.3 is 0 Å². The number of carbonyl (C=O) groups is 1. The molecule has 0 spiro atoms. The third-order valence-corrected chi connectivity index (χ3v) is 4.57. The van der Waals surface area contributed by atoms with Crippen molar-refractivity contribution in [2.45, 2.75) is 17.3 Å². The maximum atomic E-state index is 12.4. The first kappa shape index (κ1) is 16.9. The molecule has 6 nitrogen and oxygen atoms in total. The number of nitriles is 1. The minimum atomic E-state index is -0.354. The lowest BCUT2D eigenvalue weighted by Crippen LogP contribution is -2.22. The number of benzene rings is 2. The summed E-state index contributed by atoms with van der Waals surface area (Å²) >= 11 is 1.34. The van der Waals surface area contributed by atoms with E-state index in [-0.39, 0.29) is 11.2 Å². The van der Waals surface area contributed by atoms with E-state index in [9.17, 15) is 4.79 Å². The van der Waals surface area contributed by atoms with Crippen LogP contribution in [-0.4, -0.2) is 28.2 Å². The van der Waals surface area contributed by atoms with E-state index in [1.807, 2.05) is 25.1 Å². The van der Waals surface area contributed by atoms with Crippen molar-refractivity contribution in [3.8, 4) is 11.8 Å². The van der Waals surface area contributed by atoms with Crippen molar-refractivity contribution in [2.75, 3.05) is 12.4 Å². The van der Waals surface area contributed by atoms with Gasteiger partial charge in [0.05, 0.1) is 35.0 Å². The van der Waals surface area contributed by atoms with Crippen LogP contribution in [0.1, 0.15) is 12.5 Å². The van der Waals surface area contributed by atoms with Crippen molar-refractivity contribution in [2.24, 2.45) is 0 Å². The first-order chi connectivity index (χ1) is 12.1. The molecule has 0 saturated carbocycles.